The number of hydrogen-bond acceptors (Lipinski definition) is 1. The minimum Gasteiger partial charge on any atom is -0.393 e. The van der Waals surface area contributed by atoms with Crippen molar-refractivity contribution in [3.8, 4) is 0 Å². The van der Waals surface area contributed by atoms with Crippen LogP contribution in [0, 0.1) is 29.1 Å². The predicted octanol–water partition coefficient (Wildman–Crippen LogP) is 7.62. The molecule has 0 saturated heterocycles. The Morgan fingerprint density at radius 2 is 1.89 bits per heavy atom. The average molecular weight is 385 g/mol. The number of aliphatic hydroxyl groups excluding tert-OH is 1. The van der Waals surface area contributed by atoms with Gasteiger partial charge >= 0.3 is 0 Å². The van der Waals surface area contributed by atoms with E-state index in [4.69, 9.17) is 0 Å². The monoisotopic (exact) mass is 384 g/mol. The first kappa shape index (κ1) is 21.9. The van der Waals surface area contributed by atoms with Gasteiger partial charge in [-0.15, -0.1) is 0 Å². The Morgan fingerprint density at radius 3 is 2.64 bits per heavy atom. The Bertz CT molecular complexity index is 610. The van der Waals surface area contributed by atoms with Crippen LogP contribution in [0.1, 0.15) is 98.3 Å². The molecule has 0 amide bonds. The van der Waals surface area contributed by atoms with Crippen molar-refractivity contribution in [1.82, 2.24) is 0 Å². The summed E-state index contributed by atoms with van der Waals surface area (Å²) in [5.74, 6) is 3.37. The maximum absolute atomic E-state index is 10.0. The standard InChI is InChI=1S/C27H44O/c1-19(2)8-6-9-21(4)25-15-16-26-22(10-7-17-27(25,26)5)12-13-23-18-24(28)14-11-20(23)3/h12-13,19,21,24-26,28H,3,6-11,14-18H2,1-2,4-5H3/b22-12+,23-13-/t21-,24+,25?,26?,27?/m0/s1. The highest BCUT2D eigenvalue weighted by Crippen LogP contribution is 2.59. The van der Waals surface area contributed by atoms with E-state index in [0.717, 1.165) is 42.9 Å². The van der Waals surface area contributed by atoms with Crippen molar-refractivity contribution in [1.29, 1.82) is 0 Å². The quantitative estimate of drug-likeness (QED) is 0.499. The topological polar surface area (TPSA) is 20.2 Å². The molecule has 158 valence electrons. The van der Waals surface area contributed by atoms with Gasteiger partial charge in [0.15, 0.2) is 0 Å². The van der Waals surface area contributed by atoms with Gasteiger partial charge in [0.25, 0.3) is 0 Å². The van der Waals surface area contributed by atoms with Crippen LogP contribution < -0.4 is 0 Å². The van der Waals surface area contributed by atoms with Crippen molar-refractivity contribution in [2.24, 2.45) is 29.1 Å². The molecule has 0 aromatic rings. The number of allylic oxidation sites excluding steroid dienone is 4. The van der Waals surface area contributed by atoms with E-state index >= 15 is 0 Å². The van der Waals surface area contributed by atoms with Crippen molar-refractivity contribution in [3.63, 3.8) is 0 Å². The SMILES string of the molecule is C=C1CC[C@@H](O)C/C1=C/C=C1\CCCC2(C)C1CCC2[C@@H](C)CCCC(C)C. The second kappa shape index (κ2) is 9.33. The van der Waals surface area contributed by atoms with Gasteiger partial charge in [0.2, 0.25) is 0 Å². The molecule has 1 heteroatoms. The minimum atomic E-state index is -0.172. The summed E-state index contributed by atoms with van der Waals surface area (Å²) in [5, 5.41) is 10.0. The average Bonchev–Trinajstić information content (AvgIpc) is 2.99. The molecule has 0 radical (unpaired) electrons. The molecular weight excluding hydrogens is 340 g/mol. The molecule has 0 aromatic carbocycles. The summed E-state index contributed by atoms with van der Waals surface area (Å²) in [4.78, 5) is 0. The Hall–Kier alpha value is -0.820. The molecule has 3 saturated carbocycles. The highest BCUT2D eigenvalue weighted by atomic mass is 16.3. The molecule has 0 spiro atoms. The fraction of sp³-hybridized carbons (Fsp3) is 0.778. The number of rotatable bonds is 6. The van der Waals surface area contributed by atoms with Gasteiger partial charge in [0, 0.05) is 0 Å². The molecule has 3 aliphatic rings. The number of aliphatic hydroxyl groups is 1. The Labute approximate surface area is 174 Å². The molecule has 5 atom stereocenters. The molecule has 3 rings (SSSR count). The molecule has 3 aliphatic carbocycles. The Morgan fingerprint density at radius 1 is 1.11 bits per heavy atom. The van der Waals surface area contributed by atoms with Crippen LogP contribution in [0.15, 0.2) is 35.5 Å². The van der Waals surface area contributed by atoms with Gasteiger partial charge in [-0.05, 0) is 86.0 Å². The van der Waals surface area contributed by atoms with Gasteiger partial charge in [-0.25, -0.2) is 0 Å². The van der Waals surface area contributed by atoms with E-state index < -0.39 is 0 Å². The van der Waals surface area contributed by atoms with E-state index in [1.807, 2.05) is 0 Å². The summed E-state index contributed by atoms with van der Waals surface area (Å²) in [5.41, 5.74) is 4.72. The number of hydrogen-bond donors (Lipinski definition) is 1. The van der Waals surface area contributed by atoms with Crippen LogP contribution in [0.4, 0.5) is 0 Å². The lowest BCUT2D eigenvalue weighted by molar-refractivity contribution is 0.0929. The van der Waals surface area contributed by atoms with Crippen molar-refractivity contribution >= 4 is 0 Å². The molecule has 0 aliphatic heterocycles. The van der Waals surface area contributed by atoms with Crippen molar-refractivity contribution in [2.45, 2.75) is 104 Å². The van der Waals surface area contributed by atoms with E-state index in [9.17, 15) is 5.11 Å². The second-order valence-electron chi connectivity index (χ2n) is 10.8. The summed E-state index contributed by atoms with van der Waals surface area (Å²) < 4.78 is 0. The van der Waals surface area contributed by atoms with E-state index in [1.54, 1.807) is 5.57 Å². The van der Waals surface area contributed by atoms with Gasteiger partial charge in [0.1, 0.15) is 0 Å². The first-order valence-electron chi connectivity index (χ1n) is 12.1. The fourth-order valence-electron chi connectivity index (χ4n) is 6.66. The zero-order valence-electron chi connectivity index (χ0n) is 19.0. The Balaban J connectivity index is 1.70. The summed E-state index contributed by atoms with van der Waals surface area (Å²) in [6.45, 7) is 14.1. The Kier molecular flexibility index (Phi) is 7.29. The molecule has 0 bridgehead atoms. The summed E-state index contributed by atoms with van der Waals surface area (Å²) >= 11 is 0. The molecule has 1 nitrogen and oxygen atoms in total. The molecule has 1 N–H and O–H groups in total. The molecule has 0 aromatic heterocycles. The van der Waals surface area contributed by atoms with Crippen LogP contribution in [0.5, 0.6) is 0 Å². The highest BCUT2D eigenvalue weighted by molar-refractivity contribution is 5.36. The highest BCUT2D eigenvalue weighted by Gasteiger charge is 2.50. The first-order valence-corrected chi connectivity index (χ1v) is 12.1. The smallest absolute Gasteiger partial charge is 0.0583 e. The van der Waals surface area contributed by atoms with Crippen LogP contribution in [0.3, 0.4) is 0 Å². The van der Waals surface area contributed by atoms with Crippen LogP contribution in [0.2, 0.25) is 0 Å². The second-order valence-corrected chi connectivity index (χ2v) is 10.8. The minimum absolute atomic E-state index is 0.172. The lowest BCUT2D eigenvalue weighted by atomic mass is 9.60. The largest absolute Gasteiger partial charge is 0.393 e. The first-order chi connectivity index (χ1) is 13.3. The summed E-state index contributed by atoms with van der Waals surface area (Å²) in [6, 6.07) is 0. The van der Waals surface area contributed by atoms with Crippen molar-refractivity contribution in [3.05, 3.63) is 35.5 Å². The summed E-state index contributed by atoms with van der Waals surface area (Å²) in [7, 11) is 0. The molecule has 3 unspecified atom stereocenters. The van der Waals surface area contributed by atoms with Crippen LogP contribution in [-0.2, 0) is 0 Å². The van der Waals surface area contributed by atoms with Crippen molar-refractivity contribution in [2.75, 3.05) is 0 Å². The van der Waals surface area contributed by atoms with Gasteiger partial charge in [-0.1, -0.05) is 76.8 Å². The summed E-state index contributed by atoms with van der Waals surface area (Å²) in [6.07, 6.45) is 18.2. The van der Waals surface area contributed by atoms with E-state index in [0.29, 0.717) is 5.41 Å². The maximum atomic E-state index is 10.0. The zero-order chi connectivity index (χ0) is 20.3. The third kappa shape index (κ3) is 4.84. The number of fused-ring (bicyclic) bond motifs is 1. The lowest BCUT2D eigenvalue weighted by Crippen LogP contribution is -2.36. The van der Waals surface area contributed by atoms with Gasteiger partial charge in [-0.2, -0.15) is 0 Å². The van der Waals surface area contributed by atoms with E-state index in [2.05, 4.69) is 46.4 Å². The van der Waals surface area contributed by atoms with Crippen molar-refractivity contribution < 1.29 is 5.11 Å². The molecular formula is C27H44O. The van der Waals surface area contributed by atoms with Gasteiger partial charge < -0.3 is 5.11 Å². The predicted molar refractivity (Wildman–Crippen MR) is 121 cm³/mol. The van der Waals surface area contributed by atoms with E-state index in [1.165, 1.54) is 62.5 Å². The molecule has 3 fully saturated rings. The van der Waals surface area contributed by atoms with Crippen LogP contribution >= 0.6 is 0 Å². The van der Waals surface area contributed by atoms with Crippen LogP contribution in [-0.4, -0.2) is 11.2 Å². The fourth-order valence-corrected chi connectivity index (χ4v) is 6.66. The third-order valence-electron chi connectivity index (χ3n) is 8.35. The maximum Gasteiger partial charge on any atom is 0.0583 e. The van der Waals surface area contributed by atoms with Gasteiger partial charge in [0.05, 0.1) is 6.10 Å². The van der Waals surface area contributed by atoms with E-state index in [-0.39, 0.29) is 6.10 Å². The molecule has 28 heavy (non-hydrogen) atoms. The zero-order valence-corrected chi connectivity index (χ0v) is 19.0. The van der Waals surface area contributed by atoms with Gasteiger partial charge in [-0.3, -0.25) is 0 Å². The lowest BCUT2D eigenvalue weighted by Gasteiger charge is -2.44. The third-order valence-corrected chi connectivity index (χ3v) is 8.35. The molecule has 0 heterocycles. The normalized spacial score (nSPS) is 37.6. The van der Waals surface area contributed by atoms with Crippen LogP contribution in [0.25, 0.3) is 0 Å².